The van der Waals surface area contributed by atoms with E-state index in [2.05, 4.69) is 23.5 Å². The first-order chi connectivity index (χ1) is 11.1. The van der Waals surface area contributed by atoms with Gasteiger partial charge in [-0.05, 0) is 36.6 Å². The topological polar surface area (TPSA) is 61.8 Å². The first kappa shape index (κ1) is 13.9. The average Bonchev–Trinajstić information content (AvgIpc) is 2.83. The number of carbonyl (C=O) groups excluding carboxylic acids is 1. The van der Waals surface area contributed by atoms with Crippen LogP contribution in [0, 0.1) is 6.92 Å². The number of aromatic hydroxyl groups is 1. The van der Waals surface area contributed by atoms with Crippen LogP contribution < -0.4 is 15.0 Å². The van der Waals surface area contributed by atoms with Crippen molar-refractivity contribution in [3.8, 4) is 11.5 Å². The molecular weight excluding hydrogens is 292 g/mol. The van der Waals surface area contributed by atoms with Gasteiger partial charge in [-0.2, -0.15) is 0 Å². The third-order valence-electron chi connectivity index (χ3n) is 4.62. The lowest BCUT2D eigenvalue weighted by Crippen LogP contribution is -2.39. The highest BCUT2D eigenvalue weighted by atomic mass is 16.5. The minimum atomic E-state index is -0.0577. The molecule has 2 aliphatic heterocycles. The maximum atomic E-state index is 13.1. The molecule has 0 unspecified atom stereocenters. The maximum absolute atomic E-state index is 13.1. The molecule has 118 valence electrons. The van der Waals surface area contributed by atoms with E-state index in [-0.39, 0.29) is 17.7 Å². The standard InChI is InChI=1S/C18H18N2O3/c1-10-3-4-11-6-12-9-19-14-8-16(21)17(23-2)7-13(14)18(22)20(12)15(11)5-10/h3-5,7-8,12,19,21H,6,9H2,1-2H3/t12-/m0/s1. The summed E-state index contributed by atoms with van der Waals surface area (Å²) in [6.45, 7) is 2.68. The minimum absolute atomic E-state index is 0.0323. The van der Waals surface area contributed by atoms with Crippen LogP contribution in [0.15, 0.2) is 30.3 Å². The largest absolute Gasteiger partial charge is 0.504 e. The Labute approximate surface area is 134 Å². The molecule has 2 aliphatic rings. The van der Waals surface area contributed by atoms with Crippen molar-refractivity contribution in [3.05, 3.63) is 47.0 Å². The van der Waals surface area contributed by atoms with Gasteiger partial charge in [0.05, 0.1) is 24.4 Å². The van der Waals surface area contributed by atoms with Gasteiger partial charge in [-0.1, -0.05) is 12.1 Å². The van der Waals surface area contributed by atoms with Crippen molar-refractivity contribution in [2.75, 3.05) is 23.9 Å². The first-order valence-corrected chi connectivity index (χ1v) is 7.66. The highest BCUT2D eigenvalue weighted by Crippen LogP contribution is 2.40. The highest BCUT2D eigenvalue weighted by Gasteiger charge is 2.37. The Bertz CT molecular complexity index is 816. The number of ether oxygens (including phenoxy) is 1. The van der Waals surface area contributed by atoms with Gasteiger partial charge in [-0.15, -0.1) is 0 Å². The molecular formula is C18H18N2O3. The third kappa shape index (κ3) is 2.04. The number of aryl methyl sites for hydroxylation is 1. The van der Waals surface area contributed by atoms with Crippen LogP contribution in [-0.4, -0.2) is 30.7 Å². The number of rotatable bonds is 1. The Kier molecular flexibility index (Phi) is 2.98. The predicted molar refractivity (Wildman–Crippen MR) is 88.6 cm³/mol. The van der Waals surface area contributed by atoms with Gasteiger partial charge in [0.1, 0.15) is 0 Å². The quantitative estimate of drug-likeness (QED) is 0.850. The van der Waals surface area contributed by atoms with Gasteiger partial charge in [0.15, 0.2) is 11.5 Å². The number of methoxy groups -OCH3 is 1. The summed E-state index contributed by atoms with van der Waals surface area (Å²) in [4.78, 5) is 15.0. The first-order valence-electron chi connectivity index (χ1n) is 7.66. The summed E-state index contributed by atoms with van der Waals surface area (Å²) in [6, 6.07) is 9.50. The third-order valence-corrected chi connectivity index (χ3v) is 4.62. The predicted octanol–water partition coefficient (Wildman–Crippen LogP) is 2.71. The molecule has 0 spiro atoms. The van der Waals surface area contributed by atoms with E-state index < -0.39 is 0 Å². The molecule has 0 aromatic heterocycles. The lowest BCUT2D eigenvalue weighted by Gasteiger charge is -2.23. The van der Waals surface area contributed by atoms with E-state index in [1.54, 1.807) is 12.1 Å². The molecule has 0 radical (unpaired) electrons. The summed E-state index contributed by atoms with van der Waals surface area (Å²) >= 11 is 0. The summed E-state index contributed by atoms with van der Waals surface area (Å²) in [5, 5.41) is 13.2. The van der Waals surface area contributed by atoms with Crippen LogP contribution in [0.1, 0.15) is 21.5 Å². The van der Waals surface area contributed by atoms with E-state index in [1.807, 2.05) is 11.8 Å². The Hall–Kier alpha value is -2.69. The number of nitrogens with zero attached hydrogens (tertiary/aromatic N) is 1. The zero-order valence-corrected chi connectivity index (χ0v) is 13.1. The molecule has 2 heterocycles. The van der Waals surface area contributed by atoms with Crippen molar-refractivity contribution >= 4 is 17.3 Å². The van der Waals surface area contributed by atoms with Crippen LogP contribution in [0.25, 0.3) is 0 Å². The smallest absolute Gasteiger partial charge is 0.260 e. The van der Waals surface area contributed by atoms with Gasteiger partial charge in [0, 0.05) is 18.3 Å². The van der Waals surface area contributed by atoms with Crippen LogP contribution in [-0.2, 0) is 6.42 Å². The zero-order valence-electron chi connectivity index (χ0n) is 13.1. The Balaban J connectivity index is 1.85. The van der Waals surface area contributed by atoms with Gasteiger partial charge in [0.2, 0.25) is 0 Å². The Morgan fingerprint density at radius 1 is 1.30 bits per heavy atom. The van der Waals surface area contributed by atoms with Crippen molar-refractivity contribution in [3.63, 3.8) is 0 Å². The van der Waals surface area contributed by atoms with Gasteiger partial charge in [0.25, 0.3) is 5.91 Å². The molecule has 2 aromatic rings. The Morgan fingerprint density at radius 3 is 2.91 bits per heavy atom. The molecule has 0 bridgehead atoms. The second-order valence-electron chi connectivity index (χ2n) is 6.12. The monoisotopic (exact) mass is 310 g/mol. The highest BCUT2D eigenvalue weighted by molar-refractivity contribution is 6.12. The number of hydrogen-bond acceptors (Lipinski definition) is 4. The normalized spacial score (nSPS) is 18.6. The number of nitrogens with one attached hydrogen (secondary N) is 1. The van der Waals surface area contributed by atoms with E-state index >= 15 is 0 Å². The summed E-state index contributed by atoms with van der Waals surface area (Å²) < 4.78 is 5.15. The fourth-order valence-electron chi connectivity index (χ4n) is 3.46. The van der Waals surface area contributed by atoms with Crippen LogP contribution in [0.2, 0.25) is 0 Å². The van der Waals surface area contributed by atoms with E-state index in [0.717, 1.165) is 17.7 Å². The van der Waals surface area contributed by atoms with Crippen molar-refractivity contribution in [1.29, 1.82) is 0 Å². The number of hydrogen-bond donors (Lipinski definition) is 2. The molecule has 5 heteroatoms. The molecule has 1 amide bonds. The number of carbonyl (C=O) groups is 1. The molecule has 0 saturated carbocycles. The van der Waals surface area contributed by atoms with Gasteiger partial charge in [-0.3, -0.25) is 4.79 Å². The van der Waals surface area contributed by atoms with Crippen molar-refractivity contribution < 1.29 is 14.6 Å². The summed E-state index contributed by atoms with van der Waals surface area (Å²) in [7, 11) is 1.48. The number of benzene rings is 2. The number of phenols is 1. The molecule has 4 rings (SSSR count). The molecule has 2 aromatic carbocycles. The molecule has 2 N–H and O–H groups in total. The van der Waals surface area contributed by atoms with Crippen LogP contribution in [0.5, 0.6) is 11.5 Å². The maximum Gasteiger partial charge on any atom is 0.260 e. The molecule has 23 heavy (non-hydrogen) atoms. The molecule has 1 atom stereocenters. The lowest BCUT2D eigenvalue weighted by molar-refractivity contribution is 0.0983. The minimum Gasteiger partial charge on any atom is -0.504 e. The van der Waals surface area contributed by atoms with E-state index in [1.165, 1.54) is 12.7 Å². The Morgan fingerprint density at radius 2 is 2.13 bits per heavy atom. The molecule has 5 nitrogen and oxygen atoms in total. The second kappa shape index (κ2) is 4.91. The van der Waals surface area contributed by atoms with E-state index in [9.17, 15) is 9.90 Å². The van der Waals surface area contributed by atoms with Crippen LogP contribution in [0.3, 0.4) is 0 Å². The molecule has 0 fully saturated rings. The van der Waals surface area contributed by atoms with Crippen molar-refractivity contribution in [2.45, 2.75) is 19.4 Å². The molecule has 0 aliphatic carbocycles. The van der Waals surface area contributed by atoms with Crippen LogP contribution in [0.4, 0.5) is 11.4 Å². The van der Waals surface area contributed by atoms with Gasteiger partial charge < -0.3 is 20.1 Å². The lowest BCUT2D eigenvalue weighted by atomic mass is 10.1. The number of amides is 1. The number of fused-ring (bicyclic) bond motifs is 4. The molecule has 0 saturated heterocycles. The van der Waals surface area contributed by atoms with Gasteiger partial charge in [-0.25, -0.2) is 0 Å². The summed E-state index contributed by atoms with van der Waals surface area (Å²) in [5.41, 5.74) is 4.50. The number of phenolic OH excluding ortho intramolecular Hbond substituents is 1. The second-order valence-corrected chi connectivity index (χ2v) is 6.12. The van der Waals surface area contributed by atoms with Gasteiger partial charge >= 0.3 is 0 Å². The van der Waals surface area contributed by atoms with Crippen LogP contribution >= 0.6 is 0 Å². The number of anilines is 2. The zero-order chi connectivity index (χ0) is 16.1. The SMILES string of the molecule is COc1cc2c(cc1O)NC[C@@H]1Cc3ccc(C)cc3N1C2=O. The van der Waals surface area contributed by atoms with Crippen molar-refractivity contribution in [1.82, 2.24) is 0 Å². The average molecular weight is 310 g/mol. The summed E-state index contributed by atoms with van der Waals surface area (Å²) in [5.74, 6) is 0.281. The van der Waals surface area contributed by atoms with E-state index in [0.29, 0.717) is 23.5 Å². The summed E-state index contributed by atoms with van der Waals surface area (Å²) in [6.07, 6.45) is 0.839. The van der Waals surface area contributed by atoms with E-state index in [4.69, 9.17) is 4.74 Å². The fourth-order valence-corrected chi connectivity index (χ4v) is 3.46. The fraction of sp³-hybridized carbons (Fsp3) is 0.278. The van der Waals surface area contributed by atoms with Crippen molar-refractivity contribution in [2.24, 2.45) is 0 Å².